The molecule has 10 heteroatoms. The van der Waals surface area contributed by atoms with Gasteiger partial charge in [-0.1, -0.05) is 78.9 Å². The number of carbonyl (C=O) groups excluding carboxylic acids is 2. The average Bonchev–Trinajstić information content (AvgIpc) is 3.60. The van der Waals surface area contributed by atoms with Gasteiger partial charge in [-0.05, 0) is 40.7 Å². The van der Waals surface area contributed by atoms with Crippen LogP contribution >= 0.6 is 0 Å². The summed E-state index contributed by atoms with van der Waals surface area (Å²) in [5.74, 6) is -1.68. The van der Waals surface area contributed by atoms with E-state index in [4.69, 9.17) is 4.74 Å². The van der Waals surface area contributed by atoms with E-state index in [9.17, 15) is 19.5 Å². The number of aliphatic carboxylic acids is 1. The Labute approximate surface area is 242 Å². The first-order chi connectivity index (χ1) is 20.4. The van der Waals surface area contributed by atoms with Gasteiger partial charge >= 0.3 is 12.1 Å². The summed E-state index contributed by atoms with van der Waals surface area (Å²) in [5.41, 5.74) is 4.26. The highest BCUT2D eigenvalue weighted by atomic mass is 16.5. The molecule has 0 saturated carbocycles. The number of nitrogens with one attached hydrogen (secondary N) is 3. The van der Waals surface area contributed by atoms with Crippen molar-refractivity contribution < 1.29 is 24.2 Å². The molecule has 1 aromatic heterocycles. The molecule has 0 atom stereocenters. The summed E-state index contributed by atoms with van der Waals surface area (Å²) in [4.78, 5) is 40.1. The Balaban J connectivity index is 1.04. The van der Waals surface area contributed by atoms with Gasteiger partial charge in [0.2, 0.25) is 0 Å². The molecule has 3 aromatic carbocycles. The van der Waals surface area contributed by atoms with E-state index >= 15 is 0 Å². The third kappa shape index (κ3) is 5.48. The van der Waals surface area contributed by atoms with Crippen LogP contribution in [0.3, 0.4) is 0 Å². The molecule has 0 radical (unpaired) electrons. The highest BCUT2D eigenvalue weighted by Gasteiger charge is 2.43. The molecule has 214 valence electrons. The average molecular weight is 566 g/mol. The highest BCUT2D eigenvalue weighted by Crippen LogP contribution is 2.44. The lowest BCUT2D eigenvalue weighted by Crippen LogP contribution is -2.60. The van der Waals surface area contributed by atoms with Crippen LogP contribution in [0.25, 0.3) is 11.1 Å². The third-order valence-electron chi connectivity index (χ3n) is 8.12. The number of piperidine rings is 1. The van der Waals surface area contributed by atoms with Gasteiger partial charge in [0.25, 0.3) is 5.91 Å². The number of anilines is 1. The fourth-order valence-corrected chi connectivity index (χ4v) is 5.85. The summed E-state index contributed by atoms with van der Waals surface area (Å²) < 4.78 is 5.55. The van der Waals surface area contributed by atoms with Gasteiger partial charge in [0.15, 0.2) is 5.82 Å². The molecule has 1 saturated heterocycles. The first-order valence-electron chi connectivity index (χ1n) is 13.9. The van der Waals surface area contributed by atoms with E-state index in [1.165, 1.54) is 6.07 Å². The number of carboxylic acids is 1. The maximum atomic E-state index is 13.0. The standard InChI is InChI=1S/C32H31N5O5/c38-29(34-32(30(39)40)14-16-37(17-15-32)19-21-8-2-1-3-9-21)27-18-28(36-35-27)33-31(41)42-20-26-24-12-6-4-10-22(24)23-11-5-7-13-25(23)26/h1-13,18,26H,14-17,19-20H2,(H,34,38)(H,39,40)(H2,33,35,36,41). The summed E-state index contributed by atoms with van der Waals surface area (Å²) in [7, 11) is 0. The van der Waals surface area contributed by atoms with E-state index in [1.54, 1.807) is 0 Å². The van der Waals surface area contributed by atoms with Crippen LogP contribution in [0.4, 0.5) is 10.6 Å². The van der Waals surface area contributed by atoms with Gasteiger partial charge in [0.1, 0.15) is 17.8 Å². The molecule has 2 heterocycles. The predicted molar refractivity (Wildman–Crippen MR) is 156 cm³/mol. The van der Waals surface area contributed by atoms with E-state index in [1.807, 2.05) is 66.7 Å². The fourth-order valence-electron chi connectivity index (χ4n) is 5.85. The number of ether oxygens (including phenoxy) is 1. The second-order valence-corrected chi connectivity index (χ2v) is 10.7. The van der Waals surface area contributed by atoms with E-state index < -0.39 is 23.5 Å². The molecule has 6 rings (SSSR count). The minimum Gasteiger partial charge on any atom is -0.480 e. The summed E-state index contributed by atoms with van der Waals surface area (Å²) in [5, 5.41) is 21.9. The summed E-state index contributed by atoms with van der Waals surface area (Å²) in [6.45, 7) is 1.91. The second kappa shape index (κ2) is 11.5. The molecule has 42 heavy (non-hydrogen) atoms. The van der Waals surface area contributed by atoms with Crippen LogP contribution in [0.5, 0.6) is 0 Å². The lowest BCUT2D eigenvalue weighted by molar-refractivity contribution is -0.146. The SMILES string of the molecule is O=C(Nc1cc(C(=O)NC2(C(=O)O)CCN(Cc3ccccc3)CC2)[nH]n1)OCC1c2ccccc2-c2ccccc21. The Bertz CT molecular complexity index is 1560. The topological polar surface area (TPSA) is 137 Å². The summed E-state index contributed by atoms with van der Waals surface area (Å²) in [6, 6.07) is 27.5. The Morgan fingerprint density at radius 1 is 0.929 bits per heavy atom. The molecule has 1 aliphatic carbocycles. The van der Waals surface area contributed by atoms with Crippen molar-refractivity contribution in [2.75, 3.05) is 25.0 Å². The van der Waals surface area contributed by atoms with E-state index in [-0.39, 0.29) is 36.9 Å². The number of hydrogen-bond donors (Lipinski definition) is 4. The smallest absolute Gasteiger partial charge is 0.412 e. The van der Waals surface area contributed by atoms with Crippen molar-refractivity contribution in [1.82, 2.24) is 20.4 Å². The third-order valence-corrected chi connectivity index (χ3v) is 8.12. The molecule has 2 amide bonds. The molecule has 0 unspecified atom stereocenters. The quantitative estimate of drug-likeness (QED) is 0.245. The number of aromatic amines is 1. The molecule has 2 aliphatic rings. The molecule has 0 bridgehead atoms. The molecule has 4 N–H and O–H groups in total. The lowest BCUT2D eigenvalue weighted by Gasteiger charge is -2.39. The molecule has 10 nitrogen and oxygen atoms in total. The van der Waals surface area contributed by atoms with E-state index in [2.05, 4.69) is 37.9 Å². The van der Waals surface area contributed by atoms with Crippen LogP contribution < -0.4 is 10.6 Å². The summed E-state index contributed by atoms with van der Waals surface area (Å²) >= 11 is 0. The number of carbonyl (C=O) groups is 3. The van der Waals surface area contributed by atoms with Gasteiger partial charge in [-0.25, -0.2) is 9.59 Å². The van der Waals surface area contributed by atoms with Crippen LogP contribution in [-0.4, -0.2) is 63.4 Å². The molecule has 0 spiro atoms. The van der Waals surface area contributed by atoms with Crippen molar-refractivity contribution in [2.45, 2.75) is 30.8 Å². The van der Waals surface area contributed by atoms with Crippen LogP contribution in [0.1, 0.15) is 45.9 Å². The van der Waals surface area contributed by atoms with Crippen molar-refractivity contribution in [3.8, 4) is 11.1 Å². The minimum atomic E-state index is -1.39. The van der Waals surface area contributed by atoms with Crippen molar-refractivity contribution in [3.63, 3.8) is 0 Å². The first-order valence-corrected chi connectivity index (χ1v) is 13.9. The Morgan fingerprint density at radius 3 is 2.19 bits per heavy atom. The second-order valence-electron chi connectivity index (χ2n) is 10.7. The van der Waals surface area contributed by atoms with Crippen molar-refractivity contribution >= 4 is 23.8 Å². The monoisotopic (exact) mass is 565 g/mol. The van der Waals surface area contributed by atoms with E-state index in [0.717, 1.165) is 34.4 Å². The van der Waals surface area contributed by atoms with Gasteiger partial charge in [-0.3, -0.25) is 20.1 Å². The number of rotatable bonds is 8. The number of nitrogens with zero attached hydrogens (tertiary/aromatic N) is 2. The zero-order valence-electron chi connectivity index (χ0n) is 22.9. The van der Waals surface area contributed by atoms with Crippen molar-refractivity contribution in [3.05, 3.63) is 107 Å². The van der Waals surface area contributed by atoms with E-state index in [0.29, 0.717) is 13.1 Å². The van der Waals surface area contributed by atoms with Crippen molar-refractivity contribution in [1.29, 1.82) is 0 Å². The van der Waals surface area contributed by atoms with Gasteiger partial charge in [-0.2, -0.15) is 5.10 Å². The van der Waals surface area contributed by atoms with Gasteiger partial charge in [-0.15, -0.1) is 0 Å². The number of amides is 2. The lowest BCUT2D eigenvalue weighted by atomic mass is 9.87. The fraction of sp³-hybridized carbons (Fsp3) is 0.250. The maximum Gasteiger partial charge on any atom is 0.412 e. The van der Waals surface area contributed by atoms with Gasteiger partial charge in [0.05, 0.1) is 0 Å². The van der Waals surface area contributed by atoms with Crippen LogP contribution in [0.15, 0.2) is 84.9 Å². The Kier molecular flexibility index (Phi) is 7.45. The minimum absolute atomic E-state index is 0.0382. The molecule has 1 aliphatic heterocycles. The summed E-state index contributed by atoms with van der Waals surface area (Å²) in [6.07, 6.45) is -0.178. The van der Waals surface area contributed by atoms with Crippen LogP contribution in [-0.2, 0) is 16.1 Å². The number of H-pyrrole nitrogens is 1. The number of hydrogen-bond acceptors (Lipinski definition) is 6. The molecule has 1 fully saturated rings. The normalized spacial score (nSPS) is 15.8. The largest absolute Gasteiger partial charge is 0.480 e. The predicted octanol–water partition coefficient (Wildman–Crippen LogP) is 4.62. The maximum absolute atomic E-state index is 13.0. The first kappa shape index (κ1) is 27.2. The zero-order valence-corrected chi connectivity index (χ0v) is 22.9. The molecular formula is C32H31N5O5. The number of benzene rings is 3. The number of carboxylic acid groups (broad SMARTS) is 1. The van der Waals surface area contributed by atoms with Crippen LogP contribution in [0, 0.1) is 0 Å². The van der Waals surface area contributed by atoms with Crippen molar-refractivity contribution in [2.24, 2.45) is 0 Å². The zero-order chi connectivity index (χ0) is 29.1. The molecular weight excluding hydrogens is 534 g/mol. The number of fused-ring (bicyclic) bond motifs is 3. The van der Waals surface area contributed by atoms with Crippen LogP contribution in [0.2, 0.25) is 0 Å². The van der Waals surface area contributed by atoms with Gasteiger partial charge < -0.3 is 15.2 Å². The highest BCUT2D eigenvalue weighted by molar-refractivity contribution is 5.97. The Morgan fingerprint density at radius 2 is 1.55 bits per heavy atom. The van der Waals surface area contributed by atoms with Gasteiger partial charge in [0, 0.05) is 31.6 Å². The number of likely N-dealkylation sites (tertiary alicyclic amines) is 1. The number of aromatic nitrogens is 2. The molecule has 4 aromatic rings. The Hall–Kier alpha value is -4.96.